The Hall–Kier alpha value is -2.34. The second-order valence-corrected chi connectivity index (χ2v) is 7.08. The molecule has 1 aliphatic heterocycles. The van der Waals surface area contributed by atoms with E-state index in [9.17, 15) is 4.79 Å². The lowest BCUT2D eigenvalue weighted by molar-refractivity contribution is -0.118. The van der Waals surface area contributed by atoms with Crippen LogP contribution in [0.4, 0.5) is 0 Å². The molecular formula is C19H21N3O2S. The summed E-state index contributed by atoms with van der Waals surface area (Å²) in [5.41, 5.74) is 2.51. The summed E-state index contributed by atoms with van der Waals surface area (Å²) in [6.07, 6.45) is 7.29. The van der Waals surface area contributed by atoms with Gasteiger partial charge in [0.05, 0.1) is 17.7 Å². The first-order valence-corrected chi connectivity index (χ1v) is 9.32. The van der Waals surface area contributed by atoms with E-state index in [0.29, 0.717) is 17.3 Å². The summed E-state index contributed by atoms with van der Waals surface area (Å²) >= 11 is 1.41. The van der Waals surface area contributed by atoms with Crippen molar-refractivity contribution in [3.63, 3.8) is 0 Å². The van der Waals surface area contributed by atoms with Gasteiger partial charge in [-0.25, -0.2) is 0 Å². The van der Waals surface area contributed by atoms with Crippen molar-refractivity contribution in [2.45, 2.75) is 37.9 Å². The molecule has 0 unspecified atom stereocenters. The quantitative estimate of drug-likeness (QED) is 0.607. The smallest absolute Gasteiger partial charge is 0.239 e. The SMILES string of the molecule is CCCCc1ccc(C[C@@H]2S/C(=N\N=C/c3ccco3)NC2=O)cc1. The van der Waals surface area contributed by atoms with Gasteiger partial charge in [0.1, 0.15) is 5.76 Å². The highest BCUT2D eigenvalue weighted by Gasteiger charge is 2.30. The number of thioether (sulfide) groups is 1. The van der Waals surface area contributed by atoms with Crippen molar-refractivity contribution in [2.75, 3.05) is 0 Å². The minimum Gasteiger partial charge on any atom is -0.463 e. The van der Waals surface area contributed by atoms with E-state index in [4.69, 9.17) is 4.42 Å². The Labute approximate surface area is 151 Å². The average molecular weight is 355 g/mol. The van der Waals surface area contributed by atoms with Crippen LogP contribution < -0.4 is 5.32 Å². The third-order valence-corrected chi connectivity index (χ3v) is 4.99. The molecule has 1 fully saturated rings. The lowest BCUT2D eigenvalue weighted by atomic mass is 10.0. The number of benzene rings is 1. The van der Waals surface area contributed by atoms with Crippen LogP contribution in [-0.2, 0) is 17.6 Å². The Balaban J connectivity index is 1.55. The van der Waals surface area contributed by atoms with Crippen LogP contribution in [0.15, 0.2) is 57.3 Å². The lowest BCUT2D eigenvalue weighted by Crippen LogP contribution is -2.25. The van der Waals surface area contributed by atoms with Crippen molar-refractivity contribution in [3.05, 3.63) is 59.5 Å². The molecule has 3 rings (SSSR count). The zero-order valence-electron chi connectivity index (χ0n) is 14.1. The fraction of sp³-hybridized carbons (Fsp3) is 0.316. The summed E-state index contributed by atoms with van der Waals surface area (Å²) in [6.45, 7) is 2.20. The third kappa shape index (κ3) is 5.06. The van der Waals surface area contributed by atoms with Crippen LogP contribution in [0.1, 0.15) is 36.7 Å². The van der Waals surface area contributed by atoms with E-state index < -0.39 is 0 Å². The van der Waals surface area contributed by atoms with E-state index in [1.807, 2.05) is 0 Å². The number of unbranched alkanes of at least 4 members (excludes halogenated alkanes) is 1. The maximum atomic E-state index is 12.1. The highest BCUT2D eigenvalue weighted by atomic mass is 32.2. The number of nitrogens with one attached hydrogen (secondary N) is 1. The molecule has 0 bridgehead atoms. The average Bonchev–Trinajstić information content (AvgIpc) is 3.25. The van der Waals surface area contributed by atoms with Crippen LogP contribution in [0.5, 0.6) is 0 Å². The summed E-state index contributed by atoms with van der Waals surface area (Å²) in [6, 6.07) is 12.1. The molecule has 1 amide bonds. The fourth-order valence-electron chi connectivity index (χ4n) is 2.53. The number of aryl methyl sites for hydroxylation is 1. The maximum Gasteiger partial charge on any atom is 0.239 e. The molecule has 0 spiro atoms. The van der Waals surface area contributed by atoms with Crippen LogP contribution in [0, 0.1) is 0 Å². The van der Waals surface area contributed by atoms with Crippen molar-refractivity contribution < 1.29 is 9.21 Å². The van der Waals surface area contributed by atoms with Gasteiger partial charge in [0, 0.05) is 0 Å². The van der Waals surface area contributed by atoms with E-state index in [2.05, 4.69) is 46.7 Å². The molecule has 1 aliphatic rings. The second-order valence-electron chi connectivity index (χ2n) is 5.89. The Morgan fingerprint density at radius 1 is 1.24 bits per heavy atom. The molecule has 1 aromatic heterocycles. The summed E-state index contributed by atoms with van der Waals surface area (Å²) in [5.74, 6) is 0.602. The Morgan fingerprint density at radius 2 is 2.04 bits per heavy atom. The van der Waals surface area contributed by atoms with Crippen LogP contribution in [0.3, 0.4) is 0 Å². The molecule has 0 radical (unpaired) electrons. The summed E-state index contributed by atoms with van der Waals surface area (Å²) in [5, 5.41) is 11.1. The predicted octanol–water partition coefficient (Wildman–Crippen LogP) is 3.79. The number of hydrogen-bond donors (Lipinski definition) is 1. The minimum atomic E-state index is -0.168. The van der Waals surface area contributed by atoms with E-state index in [-0.39, 0.29) is 11.2 Å². The molecule has 2 heterocycles. The number of amidine groups is 1. The van der Waals surface area contributed by atoms with Gasteiger partial charge in [-0.05, 0) is 42.5 Å². The van der Waals surface area contributed by atoms with Gasteiger partial charge >= 0.3 is 0 Å². The fourth-order valence-corrected chi connectivity index (χ4v) is 3.49. The Morgan fingerprint density at radius 3 is 2.76 bits per heavy atom. The van der Waals surface area contributed by atoms with Gasteiger partial charge in [0.15, 0.2) is 5.17 Å². The molecule has 2 aromatic rings. The molecule has 1 N–H and O–H groups in total. The summed E-state index contributed by atoms with van der Waals surface area (Å²) in [4.78, 5) is 12.1. The summed E-state index contributed by atoms with van der Waals surface area (Å²) in [7, 11) is 0. The van der Waals surface area contributed by atoms with Crippen molar-refractivity contribution in [3.8, 4) is 0 Å². The van der Waals surface area contributed by atoms with Crippen LogP contribution in [0.2, 0.25) is 0 Å². The highest BCUT2D eigenvalue weighted by Crippen LogP contribution is 2.23. The molecule has 130 valence electrons. The minimum absolute atomic E-state index is 0.0213. The van der Waals surface area contributed by atoms with E-state index in [0.717, 1.165) is 12.0 Å². The van der Waals surface area contributed by atoms with Crippen molar-refractivity contribution >= 4 is 29.1 Å². The number of rotatable bonds is 7. The molecule has 1 aromatic carbocycles. The molecule has 0 aliphatic carbocycles. The predicted molar refractivity (Wildman–Crippen MR) is 102 cm³/mol. The number of hydrogen-bond acceptors (Lipinski definition) is 5. The first kappa shape index (κ1) is 17.5. The molecule has 0 saturated carbocycles. The Kier molecular flexibility index (Phi) is 6.06. The number of furan rings is 1. The molecule has 5 nitrogen and oxygen atoms in total. The van der Waals surface area contributed by atoms with Crippen LogP contribution >= 0.6 is 11.8 Å². The van der Waals surface area contributed by atoms with Crippen molar-refractivity contribution in [2.24, 2.45) is 10.2 Å². The molecule has 1 saturated heterocycles. The molecule has 1 atom stereocenters. The van der Waals surface area contributed by atoms with Gasteiger partial charge in [0.25, 0.3) is 0 Å². The second kappa shape index (κ2) is 8.67. The van der Waals surface area contributed by atoms with Crippen molar-refractivity contribution in [1.82, 2.24) is 5.32 Å². The third-order valence-electron chi connectivity index (χ3n) is 3.92. The monoisotopic (exact) mass is 355 g/mol. The van der Waals surface area contributed by atoms with Gasteiger partial charge < -0.3 is 9.73 Å². The largest absolute Gasteiger partial charge is 0.463 e. The number of amides is 1. The van der Waals surface area contributed by atoms with Crippen LogP contribution in [-0.4, -0.2) is 22.5 Å². The number of carbonyl (C=O) groups excluding carboxylic acids is 1. The maximum absolute atomic E-state index is 12.1. The Bertz CT molecular complexity index is 751. The number of carbonyl (C=O) groups is 1. The number of nitrogens with zero attached hydrogens (tertiary/aromatic N) is 2. The molecule has 6 heteroatoms. The van der Waals surface area contributed by atoms with E-state index in [1.54, 1.807) is 18.4 Å². The molecular weight excluding hydrogens is 334 g/mol. The van der Waals surface area contributed by atoms with E-state index >= 15 is 0 Å². The van der Waals surface area contributed by atoms with Gasteiger partial charge in [-0.3, -0.25) is 4.79 Å². The standard InChI is InChI=1S/C19H21N3O2S/c1-2-3-5-14-7-9-15(10-8-14)12-17-18(23)21-19(25-17)22-20-13-16-6-4-11-24-16/h4,6-11,13,17H,2-3,5,12H2,1H3,(H,21,22,23)/b20-13-/t17-/m0/s1. The van der Waals surface area contributed by atoms with Crippen LogP contribution in [0.25, 0.3) is 0 Å². The first-order chi connectivity index (χ1) is 12.2. The molecule has 25 heavy (non-hydrogen) atoms. The van der Waals surface area contributed by atoms with Crippen molar-refractivity contribution in [1.29, 1.82) is 0 Å². The first-order valence-electron chi connectivity index (χ1n) is 8.44. The zero-order chi connectivity index (χ0) is 17.5. The normalized spacial score (nSPS) is 19.0. The zero-order valence-corrected chi connectivity index (χ0v) is 15.0. The van der Waals surface area contributed by atoms with Gasteiger partial charge in [-0.2, -0.15) is 5.10 Å². The topological polar surface area (TPSA) is 67.0 Å². The van der Waals surface area contributed by atoms with E-state index in [1.165, 1.54) is 36.4 Å². The van der Waals surface area contributed by atoms with Gasteiger partial charge in [-0.15, -0.1) is 5.10 Å². The summed E-state index contributed by atoms with van der Waals surface area (Å²) < 4.78 is 5.14. The van der Waals surface area contributed by atoms with Gasteiger partial charge in [0.2, 0.25) is 5.91 Å². The lowest BCUT2D eigenvalue weighted by Gasteiger charge is -2.06. The van der Waals surface area contributed by atoms with Gasteiger partial charge in [-0.1, -0.05) is 49.4 Å². The highest BCUT2D eigenvalue weighted by molar-refractivity contribution is 8.15.